The minimum absolute atomic E-state index is 0.147. The Morgan fingerprint density at radius 2 is 2.10 bits per heavy atom. The highest BCUT2D eigenvalue weighted by atomic mass is 19.1. The van der Waals surface area contributed by atoms with Gasteiger partial charge in [-0.05, 0) is 25.1 Å². The molecule has 0 radical (unpaired) electrons. The molecule has 6 nitrogen and oxygen atoms in total. The number of hydrogen-bond donors (Lipinski definition) is 2. The van der Waals surface area contributed by atoms with Gasteiger partial charge in [-0.3, -0.25) is 4.79 Å². The topological polar surface area (TPSA) is 86.9 Å². The molecular weight excluding hydrogens is 265 g/mol. The fourth-order valence-electron chi connectivity index (χ4n) is 2.38. The third kappa shape index (κ3) is 2.66. The lowest BCUT2D eigenvalue weighted by atomic mass is 10.1. The Kier molecular flexibility index (Phi) is 3.78. The third-order valence-corrected chi connectivity index (χ3v) is 3.46. The molecule has 1 atom stereocenters. The van der Waals surface area contributed by atoms with E-state index in [0.717, 1.165) is 0 Å². The Labute approximate surface area is 115 Å². The number of piperazine rings is 1. The zero-order valence-corrected chi connectivity index (χ0v) is 11.0. The van der Waals surface area contributed by atoms with Crippen molar-refractivity contribution in [3.8, 4) is 0 Å². The minimum Gasteiger partial charge on any atom is -0.465 e. The van der Waals surface area contributed by atoms with Crippen LogP contribution in [-0.4, -0.2) is 47.7 Å². The van der Waals surface area contributed by atoms with Gasteiger partial charge in [0.15, 0.2) is 0 Å². The maximum atomic E-state index is 13.7. The highest BCUT2D eigenvalue weighted by Gasteiger charge is 2.27. The lowest BCUT2D eigenvalue weighted by molar-refractivity contribution is 0.0996. The number of carbonyl (C=O) groups is 2. The van der Waals surface area contributed by atoms with Gasteiger partial charge in [0.1, 0.15) is 5.82 Å². The van der Waals surface area contributed by atoms with Gasteiger partial charge < -0.3 is 20.6 Å². The number of nitrogens with two attached hydrogens (primary N) is 1. The van der Waals surface area contributed by atoms with Crippen molar-refractivity contribution in [1.82, 2.24) is 4.90 Å². The highest BCUT2D eigenvalue weighted by molar-refractivity contribution is 5.93. The van der Waals surface area contributed by atoms with Gasteiger partial charge in [0.2, 0.25) is 0 Å². The molecule has 1 aromatic rings. The number of benzene rings is 1. The molecule has 0 unspecified atom stereocenters. The Morgan fingerprint density at radius 3 is 2.60 bits per heavy atom. The van der Waals surface area contributed by atoms with E-state index in [1.54, 1.807) is 13.0 Å². The van der Waals surface area contributed by atoms with Crippen molar-refractivity contribution in [3.05, 3.63) is 29.6 Å². The van der Waals surface area contributed by atoms with Gasteiger partial charge in [-0.15, -0.1) is 0 Å². The number of rotatable bonds is 2. The van der Waals surface area contributed by atoms with Crippen LogP contribution in [0.2, 0.25) is 0 Å². The molecule has 108 valence electrons. The molecule has 1 aliphatic rings. The summed E-state index contributed by atoms with van der Waals surface area (Å²) < 4.78 is 13.7. The number of amides is 2. The fourth-order valence-corrected chi connectivity index (χ4v) is 2.38. The van der Waals surface area contributed by atoms with Gasteiger partial charge in [0, 0.05) is 31.4 Å². The van der Waals surface area contributed by atoms with Crippen molar-refractivity contribution in [3.63, 3.8) is 0 Å². The van der Waals surface area contributed by atoms with Crippen LogP contribution in [0.3, 0.4) is 0 Å². The van der Waals surface area contributed by atoms with Crippen LogP contribution in [0.5, 0.6) is 0 Å². The number of nitrogens with zero attached hydrogens (tertiary/aromatic N) is 2. The maximum absolute atomic E-state index is 13.7. The first kappa shape index (κ1) is 14.1. The van der Waals surface area contributed by atoms with Crippen molar-refractivity contribution >= 4 is 17.7 Å². The SMILES string of the molecule is C[C@@H]1CN(c2ccc(C(N)=O)c(F)c2)CCN1C(=O)O. The number of primary amides is 1. The van der Waals surface area contributed by atoms with Crippen LogP contribution in [0, 0.1) is 5.82 Å². The minimum atomic E-state index is -0.951. The smallest absolute Gasteiger partial charge is 0.407 e. The molecule has 1 aliphatic heterocycles. The second-order valence-electron chi connectivity index (χ2n) is 4.80. The molecule has 0 bridgehead atoms. The number of carboxylic acid groups (broad SMARTS) is 1. The number of hydrogen-bond acceptors (Lipinski definition) is 3. The van der Waals surface area contributed by atoms with Gasteiger partial charge in [0.05, 0.1) is 5.56 Å². The monoisotopic (exact) mass is 281 g/mol. The molecule has 1 saturated heterocycles. The molecule has 0 spiro atoms. The van der Waals surface area contributed by atoms with Crippen LogP contribution in [0.15, 0.2) is 18.2 Å². The molecule has 1 heterocycles. The van der Waals surface area contributed by atoms with E-state index in [4.69, 9.17) is 10.8 Å². The molecule has 20 heavy (non-hydrogen) atoms. The summed E-state index contributed by atoms with van der Waals surface area (Å²) in [5.41, 5.74) is 5.52. The molecule has 3 N–H and O–H groups in total. The Morgan fingerprint density at radius 1 is 1.40 bits per heavy atom. The summed E-state index contributed by atoms with van der Waals surface area (Å²) in [6, 6.07) is 4.04. The number of carbonyl (C=O) groups excluding carboxylic acids is 1. The molecule has 1 aromatic carbocycles. The average molecular weight is 281 g/mol. The molecule has 0 aromatic heterocycles. The van der Waals surface area contributed by atoms with Gasteiger partial charge in [-0.1, -0.05) is 0 Å². The Balaban J connectivity index is 2.16. The lowest BCUT2D eigenvalue weighted by Crippen LogP contribution is -2.53. The van der Waals surface area contributed by atoms with E-state index in [2.05, 4.69) is 0 Å². The third-order valence-electron chi connectivity index (χ3n) is 3.46. The van der Waals surface area contributed by atoms with Crippen LogP contribution in [0.25, 0.3) is 0 Å². The molecule has 1 fully saturated rings. The van der Waals surface area contributed by atoms with Gasteiger partial charge in [-0.25, -0.2) is 9.18 Å². The van der Waals surface area contributed by atoms with Crippen molar-refractivity contribution in [2.24, 2.45) is 5.73 Å². The first-order chi connectivity index (χ1) is 9.40. The summed E-state index contributed by atoms with van der Waals surface area (Å²) in [4.78, 5) is 25.2. The summed E-state index contributed by atoms with van der Waals surface area (Å²) in [5, 5.41) is 9.00. The first-order valence-corrected chi connectivity index (χ1v) is 6.24. The van der Waals surface area contributed by atoms with E-state index < -0.39 is 17.8 Å². The molecular formula is C13H16FN3O3. The summed E-state index contributed by atoms with van der Waals surface area (Å²) in [6.45, 7) is 3.11. The van der Waals surface area contributed by atoms with Crippen LogP contribution in [0.1, 0.15) is 17.3 Å². The lowest BCUT2D eigenvalue weighted by Gasteiger charge is -2.39. The Bertz CT molecular complexity index is 550. The van der Waals surface area contributed by atoms with Gasteiger partial charge >= 0.3 is 6.09 Å². The van der Waals surface area contributed by atoms with Crippen molar-refractivity contribution in [2.45, 2.75) is 13.0 Å². The summed E-state index contributed by atoms with van der Waals surface area (Å²) in [6.07, 6.45) is -0.951. The van der Waals surface area contributed by atoms with Crippen LogP contribution in [-0.2, 0) is 0 Å². The molecule has 2 rings (SSSR count). The normalized spacial score (nSPS) is 19.0. The predicted octanol–water partition coefficient (Wildman–Crippen LogP) is 1.11. The molecule has 0 aliphatic carbocycles. The average Bonchev–Trinajstić information content (AvgIpc) is 2.37. The summed E-state index contributed by atoms with van der Waals surface area (Å²) in [7, 11) is 0. The fraction of sp³-hybridized carbons (Fsp3) is 0.385. The first-order valence-electron chi connectivity index (χ1n) is 6.24. The zero-order valence-electron chi connectivity index (χ0n) is 11.0. The van der Waals surface area contributed by atoms with Crippen LogP contribution in [0.4, 0.5) is 14.9 Å². The predicted molar refractivity (Wildman–Crippen MR) is 71.3 cm³/mol. The van der Waals surface area contributed by atoms with E-state index in [9.17, 15) is 14.0 Å². The molecule has 7 heteroatoms. The van der Waals surface area contributed by atoms with Crippen LogP contribution >= 0.6 is 0 Å². The van der Waals surface area contributed by atoms with Gasteiger partial charge in [-0.2, -0.15) is 0 Å². The second kappa shape index (κ2) is 5.36. The second-order valence-corrected chi connectivity index (χ2v) is 4.80. The van der Waals surface area contributed by atoms with Crippen molar-refractivity contribution in [2.75, 3.05) is 24.5 Å². The van der Waals surface area contributed by atoms with E-state index in [0.29, 0.717) is 25.3 Å². The zero-order chi connectivity index (χ0) is 14.9. The summed E-state index contributed by atoms with van der Waals surface area (Å²) >= 11 is 0. The van der Waals surface area contributed by atoms with Gasteiger partial charge in [0.25, 0.3) is 5.91 Å². The number of anilines is 1. The molecule has 0 saturated carbocycles. The van der Waals surface area contributed by atoms with Crippen molar-refractivity contribution in [1.29, 1.82) is 0 Å². The quantitative estimate of drug-likeness (QED) is 0.850. The largest absolute Gasteiger partial charge is 0.465 e. The van der Waals surface area contributed by atoms with Crippen molar-refractivity contribution < 1.29 is 19.1 Å². The standard InChI is InChI=1S/C13H16FN3O3/c1-8-7-16(4-5-17(8)13(19)20)9-2-3-10(12(15)18)11(14)6-9/h2-3,6,8H,4-5,7H2,1H3,(H2,15,18)(H,19,20)/t8-/m1/s1. The Hall–Kier alpha value is -2.31. The van der Waals surface area contributed by atoms with E-state index in [1.807, 2.05) is 4.90 Å². The molecule has 2 amide bonds. The van der Waals surface area contributed by atoms with E-state index in [-0.39, 0.29) is 11.6 Å². The summed E-state index contributed by atoms with van der Waals surface area (Å²) in [5.74, 6) is -1.47. The van der Waals surface area contributed by atoms with E-state index >= 15 is 0 Å². The van der Waals surface area contributed by atoms with E-state index in [1.165, 1.54) is 17.0 Å². The number of halogens is 1. The maximum Gasteiger partial charge on any atom is 0.407 e. The highest BCUT2D eigenvalue weighted by Crippen LogP contribution is 2.22. The van der Waals surface area contributed by atoms with Crippen LogP contribution < -0.4 is 10.6 Å².